The molecule has 5 nitrogen and oxygen atoms in total. The highest BCUT2D eigenvalue weighted by atomic mass is 32.2. The molecule has 0 fully saturated rings. The fourth-order valence-electron chi connectivity index (χ4n) is 1.20. The number of benzene rings is 1. The van der Waals surface area contributed by atoms with Gasteiger partial charge in [-0.3, -0.25) is 0 Å². The van der Waals surface area contributed by atoms with E-state index in [1.54, 1.807) is 26.2 Å². The summed E-state index contributed by atoms with van der Waals surface area (Å²) in [4.78, 5) is 0. The maximum Gasteiger partial charge on any atom is 0.215 e. The standard InChI is InChI=1S/C11H18N2O3S/c1-9(7-12)17(14,15)13-8-10-3-5-11(16-2)6-4-10/h3-6,9,13H,7-8,12H2,1-2H3. The van der Waals surface area contributed by atoms with E-state index >= 15 is 0 Å². The molecule has 0 saturated heterocycles. The van der Waals surface area contributed by atoms with Crippen molar-refractivity contribution in [3.8, 4) is 5.75 Å². The molecule has 96 valence electrons. The van der Waals surface area contributed by atoms with E-state index in [2.05, 4.69) is 4.72 Å². The topological polar surface area (TPSA) is 81.4 Å². The Labute approximate surface area is 102 Å². The number of nitrogens with two attached hydrogens (primary N) is 1. The Kier molecular flexibility index (Phi) is 4.92. The Balaban J connectivity index is 2.61. The van der Waals surface area contributed by atoms with Gasteiger partial charge in [0.2, 0.25) is 10.0 Å². The van der Waals surface area contributed by atoms with Gasteiger partial charge in [0.15, 0.2) is 0 Å². The van der Waals surface area contributed by atoms with E-state index in [-0.39, 0.29) is 13.1 Å². The summed E-state index contributed by atoms with van der Waals surface area (Å²) in [5, 5.41) is -0.583. The van der Waals surface area contributed by atoms with Crippen LogP contribution in [0.2, 0.25) is 0 Å². The Bertz CT molecular complexity index is 442. The SMILES string of the molecule is COc1ccc(CNS(=O)(=O)C(C)CN)cc1. The second-order valence-electron chi connectivity index (χ2n) is 3.76. The lowest BCUT2D eigenvalue weighted by molar-refractivity contribution is 0.414. The second-order valence-corrected chi connectivity index (χ2v) is 5.94. The van der Waals surface area contributed by atoms with E-state index in [9.17, 15) is 8.42 Å². The smallest absolute Gasteiger partial charge is 0.215 e. The predicted octanol–water partition coefficient (Wildman–Crippen LogP) is 0.462. The van der Waals surface area contributed by atoms with Crippen molar-refractivity contribution >= 4 is 10.0 Å². The van der Waals surface area contributed by atoms with E-state index < -0.39 is 15.3 Å². The van der Waals surface area contributed by atoms with E-state index in [0.717, 1.165) is 11.3 Å². The molecule has 0 bridgehead atoms. The van der Waals surface area contributed by atoms with Crippen LogP contribution in [0, 0.1) is 0 Å². The lowest BCUT2D eigenvalue weighted by atomic mass is 10.2. The van der Waals surface area contributed by atoms with Crippen LogP contribution >= 0.6 is 0 Å². The number of sulfonamides is 1. The van der Waals surface area contributed by atoms with Crippen LogP contribution in [0.25, 0.3) is 0 Å². The first-order chi connectivity index (χ1) is 7.99. The summed E-state index contributed by atoms with van der Waals surface area (Å²) >= 11 is 0. The highest BCUT2D eigenvalue weighted by Crippen LogP contribution is 2.11. The van der Waals surface area contributed by atoms with Gasteiger partial charge in [0.1, 0.15) is 5.75 Å². The van der Waals surface area contributed by atoms with Gasteiger partial charge in [0.25, 0.3) is 0 Å². The minimum Gasteiger partial charge on any atom is -0.497 e. The molecule has 1 atom stereocenters. The Hall–Kier alpha value is -1.11. The van der Waals surface area contributed by atoms with Gasteiger partial charge in [-0.2, -0.15) is 0 Å². The fraction of sp³-hybridized carbons (Fsp3) is 0.455. The molecule has 0 heterocycles. The highest BCUT2D eigenvalue weighted by molar-refractivity contribution is 7.90. The van der Waals surface area contributed by atoms with Crippen molar-refractivity contribution in [2.75, 3.05) is 13.7 Å². The van der Waals surface area contributed by atoms with Crippen molar-refractivity contribution < 1.29 is 13.2 Å². The lowest BCUT2D eigenvalue weighted by Gasteiger charge is -2.11. The molecule has 1 rings (SSSR count). The average Bonchev–Trinajstić information content (AvgIpc) is 2.36. The van der Waals surface area contributed by atoms with Gasteiger partial charge in [-0.15, -0.1) is 0 Å². The summed E-state index contributed by atoms with van der Waals surface area (Å²) in [6.07, 6.45) is 0. The molecule has 0 aliphatic heterocycles. The van der Waals surface area contributed by atoms with Gasteiger partial charge >= 0.3 is 0 Å². The van der Waals surface area contributed by atoms with Crippen LogP contribution in [0.15, 0.2) is 24.3 Å². The number of hydrogen-bond donors (Lipinski definition) is 2. The molecule has 1 aromatic rings. The summed E-state index contributed by atoms with van der Waals surface area (Å²) in [5.74, 6) is 0.743. The molecule has 0 aliphatic rings. The predicted molar refractivity (Wildman–Crippen MR) is 67.3 cm³/mol. The van der Waals surface area contributed by atoms with Crippen LogP contribution in [-0.2, 0) is 16.6 Å². The van der Waals surface area contributed by atoms with E-state index in [0.29, 0.717) is 0 Å². The zero-order valence-electron chi connectivity index (χ0n) is 10.0. The van der Waals surface area contributed by atoms with Gasteiger partial charge < -0.3 is 10.5 Å². The third-order valence-electron chi connectivity index (χ3n) is 2.50. The first-order valence-corrected chi connectivity index (χ1v) is 6.85. The molecule has 0 amide bonds. The van der Waals surface area contributed by atoms with Crippen molar-refractivity contribution in [3.05, 3.63) is 29.8 Å². The van der Waals surface area contributed by atoms with E-state index in [4.69, 9.17) is 10.5 Å². The molecule has 0 aromatic heterocycles. The first kappa shape index (κ1) is 14.0. The third kappa shape index (κ3) is 3.99. The summed E-state index contributed by atoms with van der Waals surface area (Å²) < 4.78 is 30.8. The molecule has 0 spiro atoms. The lowest BCUT2D eigenvalue weighted by Crippen LogP contribution is -2.36. The highest BCUT2D eigenvalue weighted by Gasteiger charge is 2.18. The molecule has 1 unspecified atom stereocenters. The molecule has 17 heavy (non-hydrogen) atoms. The summed E-state index contributed by atoms with van der Waals surface area (Å²) in [5.41, 5.74) is 6.20. The monoisotopic (exact) mass is 258 g/mol. The Morgan fingerprint density at radius 1 is 1.35 bits per heavy atom. The minimum absolute atomic E-state index is 0.109. The minimum atomic E-state index is -3.33. The maximum absolute atomic E-state index is 11.6. The van der Waals surface area contributed by atoms with Crippen LogP contribution in [-0.4, -0.2) is 27.3 Å². The molecule has 6 heteroatoms. The quantitative estimate of drug-likeness (QED) is 0.777. The maximum atomic E-state index is 11.6. The van der Waals surface area contributed by atoms with Gasteiger partial charge in [-0.25, -0.2) is 13.1 Å². The molecule has 1 aromatic carbocycles. The normalized spacial score (nSPS) is 13.4. The largest absolute Gasteiger partial charge is 0.497 e. The Morgan fingerprint density at radius 3 is 2.41 bits per heavy atom. The van der Waals surface area contributed by atoms with Crippen LogP contribution in [0.3, 0.4) is 0 Å². The van der Waals surface area contributed by atoms with Gasteiger partial charge in [-0.1, -0.05) is 12.1 Å². The van der Waals surface area contributed by atoms with Crippen LogP contribution in [0.1, 0.15) is 12.5 Å². The molecule has 3 N–H and O–H groups in total. The number of hydrogen-bond acceptors (Lipinski definition) is 4. The zero-order valence-corrected chi connectivity index (χ0v) is 10.8. The van der Waals surface area contributed by atoms with Gasteiger partial charge in [0.05, 0.1) is 12.4 Å². The first-order valence-electron chi connectivity index (χ1n) is 5.31. The van der Waals surface area contributed by atoms with Crippen molar-refractivity contribution in [2.45, 2.75) is 18.7 Å². The molecule has 0 radical (unpaired) electrons. The summed E-state index contributed by atoms with van der Waals surface area (Å²) in [7, 11) is -1.75. The van der Waals surface area contributed by atoms with Crippen molar-refractivity contribution in [1.82, 2.24) is 4.72 Å². The molecule has 0 saturated carbocycles. The molecular formula is C11H18N2O3S. The van der Waals surface area contributed by atoms with Crippen molar-refractivity contribution in [1.29, 1.82) is 0 Å². The second kappa shape index (κ2) is 6.00. The average molecular weight is 258 g/mol. The summed E-state index contributed by atoms with van der Waals surface area (Å²) in [6.45, 7) is 1.95. The van der Waals surface area contributed by atoms with Crippen molar-refractivity contribution in [2.24, 2.45) is 5.73 Å². The van der Waals surface area contributed by atoms with Crippen LogP contribution < -0.4 is 15.2 Å². The van der Waals surface area contributed by atoms with Gasteiger partial charge in [0, 0.05) is 13.1 Å². The molecule has 0 aliphatic carbocycles. The Morgan fingerprint density at radius 2 is 1.94 bits per heavy atom. The number of methoxy groups -OCH3 is 1. The van der Waals surface area contributed by atoms with Crippen LogP contribution in [0.5, 0.6) is 5.75 Å². The molecular weight excluding hydrogens is 240 g/mol. The van der Waals surface area contributed by atoms with E-state index in [1.165, 1.54) is 0 Å². The van der Waals surface area contributed by atoms with E-state index in [1.807, 2.05) is 12.1 Å². The number of rotatable bonds is 6. The zero-order chi connectivity index (χ0) is 12.9. The van der Waals surface area contributed by atoms with Gasteiger partial charge in [-0.05, 0) is 24.6 Å². The third-order valence-corrected chi connectivity index (χ3v) is 4.30. The van der Waals surface area contributed by atoms with Crippen molar-refractivity contribution in [3.63, 3.8) is 0 Å². The number of ether oxygens (including phenoxy) is 1. The fourth-order valence-corrected chi connectivity index (χ4v) is 2.10. The number of nitrogens with one attached hydrogen (secondary N) is 1. The van der Waals surface area contributed by atoms with Crippen LogP contribution in [0.4, 0.5) is 0 Å². The summed E-state index contributed by atoms with van der Waals surface area (Å²) in [6, 6.07) is 7.20.